The minimum absolute atomic E-state index is 0.113. The molecule has 6 nitrogen and oxygen atoms in total. The van der Waals surface area contributed by atoms with Crippen molar-refractivity contribution in [3.63, 3.8) is 0 Å². The fraction of sp³-hybridized carbons (Fsp3) is 0.235. The molecule has 0 saturated heterocycles. The molecule has 0 saturated carbocycles. The molecule has 24 heavy (non-hydrogen) atoms. The average Bonchev–Trinajstić information content (AvgIpc) is 3.10. The van der Waals surface area contributed by atoms with Gasteiger partial charge in [-0.25, -0.2) is 13.2 Å². The first-order valence-electron chi connectivity index (χ1n) is 7.62. The number of hydrogen-bond donors (Lipinski definition) is 2. The highest BCUT2D eigenvalue weighted by Gasteiger charge is 2.35. The molecule has 0 aliphatic carbocycles. The van der Waals surface area contributed by atoms with Crippen LogP contribution in [0.15, 0.2) is 47.4 Å². The van der Waals surface area contributed by atoms with E-state index in [2.05, 4.69) is 10.6 Å². The van der Waals surface area contributed by atoms with Crippen molar-refractivity contribution >= 4 is 21.6 Å². The number of ether oxygens (including phenoxy) is 1. The lowest BCUT2D eigenvalue weighted by Gasteiger charge is -2.14. The molecule has 2 N–H and O–H groups in total. The zero-order valence-corrected chi connectivity index (χ0v) is 13.6. The molecule has 2 aliphatic rings. The van der Waals surface area contributed by atoms with E-state index in [9.17, 15) is 13.2 Å². The first-order chi connectivity index (χ1) is 11.5. The van der Waals surface area contributed by atoms with Crippen LogP contribution >= 0.6 is 0 Å². The number of carbonyl (C=O) groups excluding carboxylic acids is 1. The number of benzene rings is 2. The smallest absolute Gasteiger partial charge is 0.319 e. The molecule has 4 rings (SSSR count). The molecular weight excluding hydrogens is 328 g/mol. The molecule has 0 radical (unpaired) electrons. The van der Waals surface area contributed by atoms with Gasteiger partial charge in [-0.15, -0.1) is 0 Å². The minimum atomic E-state index is -3.34. The van der Waals surface area contributed by atoms with Crippen molar-refractivity contribution in [2.24, 2.45) is 0 Å². The van der Waals surface area contributed by atoms with Crippen molar-refractivity contribution in [1.82, 2.24) is 5.32 Å². The van der Waals surface area contributed by atoms with E-state index in [0.29, 0.717) is 29.4 Å². The number of urea groups is 1. The number of anilines is 1. The van der Waals surface area contributed by atoms with Crippen LogP contribution in [-0.2, 0) is 27.8 Å². The molecule has 0 unspecified atom stereocenters. The van der Waals surface area contributed by atoms with E-state index < -0.39 is 21.9 Å². The Kier molecular flexibility index (Phi) is 3.54. The van der Waals surface area contributed by atoms with Crippen LogP contribution in [0.1, 0.15) is 22.7 Å². The summed E-state index contributed by atoms with van der Waals surface area (Å²) < 4.78 is 29.6. The van der Waals surface area contributed by atoms with Crippen molar-refractivity contribution in [2.45, 2.75) is 24.2 Å². The van der Waals surface area contributed by atoms with Gasteiger partial charge in [0.2, 0.25) is 0 Å². The maximum Gasteiger partial charge on any atom is 0.319 e. The van der Waals surface area contributed by atoms with Crippen LogP contribution in [0, 0.1) is 0 Å². The predicted octanol–water partition coefficient (Wildman–Crippen LogP) is 2.37. The Labute approximate surface area is 139 Å². The predicted molar refractivity (Wildman–Crippen MR) is 88.3 cm³/mol. The molecule has 2 aromatic carbocycles. The molecule has 0 aromatic heterocycles. The van der Waals surface area contributed by atoms with Gasteiger partial charge in [0.05, 0.1) is 29.9 Å². The number of nitrogens with one attached hydrogen (secondary N) is 2. The van der Waals surface area contributed by atoms with Crippen molar-refractivity contribution in [3.05, 3.63) is 59.2 Å². The number of rotatable bonds is 2. The summed E-state index contributed by atoms with van der Waals surface area (Å²) in [6.45, 7) is 1.14. The summed E-state index contributed by atoms with van der Waals surface area (Å²) in [5.41, 5.74) is 3.47. The number of hydrogen-bond acceptors (Lipinski definition) is 4. The van der Waals surface area contributed by atoms with Gasteiger partial charge in [0, 0.05) is 5.69 Å². The standard InChI is InChI=1S/C17H16N2O4S/c20-17(18-13-6-5-11-8-23-9-12(11)7-13)19-15-10-24(21,22)16-4-2-1-3-14(15)16/h1-7,15H,8-10H2,(H2,18,19,20)/t15-/m1/s1. The third kappa shape index (κ3) is 2.65. The van der Waals surface area contributed by atoms with E-state index in [0.717, 1.165) is 11.1 Å². The summed E-state index contributed by atoms with van der Waals surface area (Å²) in [6.07, 6.45) is 0. The second kappa shape index (κ2) is 5.61. The lowest BCUT2D eigenvalue weighted by Crippen LogP contribution is -2.33. The summed E-state index contributed by atoms with van der Waals surface area (Å²) in [5.74, 6) is -0.113. The Morgan fingerprint density at radius 2 is 1.88 bits per heavy atom. The van der Waals surface area contributed by atoms with Gasteiger partial charge < -0.3 is 15.4 Å². The van der Waals surface area contributed by atoms with Crippen LogP contribution in [0.3, 0.4) is 0 Å². The summed E-state index contributed by atoms with van der Waals surface area (Å²) >= 11 is 0. The van der Waals surface area contributed by atoms with Gasteiger partial charge in [-0.3, -0.25) is 0 Å². The van der Waals surface area contributed by atoms with E-state index >= 15 is 0 Å². The van der Waals surface area contributed by atoms with Crippen LogP contribution in [0.5, 0.6) is 0 Å². The van der Waals surface area contributed by atoms with E-state index in [1.54, 1.807) is 24.3 Å². The molecule has 0 fully saturated rings. The molecule has 2 amide bonds. The third-order valence-electron chi connectivity index (χ3n) is 4.30. The van der Waals surface area contributed by atoms with Crippen LogP contribution in [0.4, 0.5) is 10.5 Å². The number of sulfone groups is 1. The molecule has 7 heteroatoms. The first-order valence-corrected chi connectivity index (χ1v) is 9.27. The summed E-state index contributed by atoms with van der Waals surface area (Å²) in [7, 11) is -3.34. The summed E-state index contributed by atoms with van der Waals surface area (Å²) in [5, 5.41) is 5.50. The van der Waals surface area contributed by atoms with Crippen LogP contribution in [-0.4, -0.2) is 20.2 Å². The molecule has 2 aliphatic heterocycles. The third-order valence-corrected chi connectivity index (χ3v) is 6.11. The quantitative estimate of drug-likeness (QED) is 0.876. The molecule has 0 bridgehead atoms. The Morgan fingerprint density at radius 1 is 1.08 bits per heavy atom. The SMILES string of the molecule is O=C(Nc1ccc2c(c1)COC2)N[C@@H]1CS(=O)(=O)c2ccccc21. The molecule has 2 heterocycles. The van der Waals surface area contributed by atoms with Crippen molar-refractivity contribution in [1.29, 1.82) is 0 Å². The van der Waals surface area contributed by atoms with Gasteiger partial charge in [0.25, 0.3) is 0 Å². The number of amides is 2. The largest absolute Gasteiger partial charge is 0.372 e. The average molecular weight is 344 g/mol. The fourth-order valence-corrected chi connectivity index (χ4v) is 4.88. The first kappa shape index (κ1) is 15.2. The van der Waals surface area contributed by atoms with E-state index in [1.165, 1.54) is 0 Å². The van der Waals surface area contributed by atoms with Crippen LogP contribution in [0.2, 0.25) is 0 Å². The Morgan fingerprint density at radius 3 is 2.75 bits per heavy atom. The highest BCUT2D eigenvalue weighted by molar-refractivity contribution is 7.91. The van der Waals surface area contributed by atoms with E-state index in [4.69, 9.17) is 4.74 Å². The monoisotopic (exact) mass is 344 g/mol. The van der Waals surface area contributed by atoms with Crippen molar-refractivity contribution in [2.75, 3.05) is 11.1 Å². The Balaban J connectivity index is 1.49. The van der Waals surface area contributed by atoms with Gasteiger partial charge in [-0.1, -0.05) is 24.3 Å². The highest BCUT2D eigenvalue weighted by atomic mass is 32.2. The van der Waals surface area contributed by atoms with Gasteiger partial charge in [-0.2, -0.15) is 0 Å². The second-order valence-corrected chi connectivity index (χ2v) is 7.95. The molecule has 2 aromatic rings. The Hall–Kier alpha value is -2.38. The van der Waals surface area contributed by atoms with Gasteiger partial charge >= 0.3 is 6.03 Å². The van der Waals surface area contributed by atoms with Gasteiger partial charge in [-0.05, 0) is 34.9 Å². The maximum atomic E-state index is 12.2. The molecule has 0 spiro atoms. The topological polar surface area (TPSA) is 84.5 Å². The van der Waals surface area contributed by atoms with Crippen molar-refractivity contribution < 1.29 is 17.9 Å². The second-order valence-electron chi connectivity index (χ2n) is 5.95. The van der Waals surface area contributed by atoms with Crippen LogP contribution < -0.4 is 10.6 Å². The number of fused-ring (bicyclic) bond motifs is 2. The van der Waals surface area contributed by atoms with Gasteiger partial charge in [0.1, 0.15) is 0 Å². The highest BCUT2D eigenvalue weighted by Crippen LogP contribution is 2.33. The lowest BCUT2D eigenvalue weighted by atomic mass is 10.1. The van der Waals surface area contributed by atoms with Gasteiger partial charge in [0.15, 0.2) is 9.84 Å². The minimum Gasteiger partial charge on any atom is -0.372 e. The van der Waals surface area contributed by atoms with Crippen LogP contribution in [0.25, 0.3) is 0 Å². The number of carbonyl (C=O) groups is 1. The summed E-state index contributed by atoms with van der Waals surface area (Å²) in [6, 6.07) is 11.4. The maximum absolute atomic E-state index is 12.2. The van der Waals surface area contributed by atoms with E-state index in [-0.39, 0.29) is 5.75 Å². The summed E-state index contributed by atoms with van der Waals surface area (Å²) in [4.78, 5) is 12.5. The zero-order chi connectivity index (χ0) is 16.7. The van der Waals surface area contributed by atoms with E-state index in [1.807, 2.05) is 18.2 Å². The fourth-order valence-electron chi connectivity index (χ4n) is 3.15. The van der Waals surface area contributed by atoms with Crippen molar-refractivity contribution in [3.8, 4) is 0 Å². The molecular formula is C17H16N2O4S. The molecule has 1 atom stereocenters. The zero-order valence-electron chi connectivity index (χ0n) is 12.8. The lowest BCUT2D eigenvalue weighted by molar-refractivity contribution is 0.134. The normalized spacial score (nSPS) is 20.2. The molecule has 124 valence electrons. The Bertz CT molecular complexity index is 924.